The van der Waals surface area contributed by atoms with Crippen LogP contribution < -0.4 is 0 Å². The molecule has 2 saturated heterocycles. The number of sulfonamides is 1. The average molecular weight is 461 g/mol. The van der Waals surface area contributed by atoms with Crippen LogP contribution in [0.5, 0.6) is 0 Å². The maximum atomic E-state index is 13.0. The van der Waals surface area contributed by atoms with Crippen LogP contribution in [-0.4, -0.2) is 59.3 Å². The van der Waals surface area contributed by atoms with Crippen molar-refractivity contribution in [2.75, 3.05) is 26.2 Å². The minimum absolute atomic E-state index is 0.200. The lowest BCUT2D eigenvalue weighted by atomic mass is 10.0. The molecule has 8 heteroatoms. The molecule has 176 valence electrons. The van der Waals surface area contributed by atoms with Crippen molar-refractivity contribution in [3.63, 3.8) is 0 Å². The van der Waals surface area contributed by atoms with Gasteiger partial charge in [-0.2, -0.15) is 4.31 Å². The summed E-state index contributed by atoms with van der Waals surface area (Å²) in [5.74, 6) is 1.76. The number of aryl methyl sites for hydroxylation is 2. The zero-order valence-electron chi connectivity index (χ0n) is 19.4. The number of amides is 1. The maximum absolute atomic E-state index is 13.0. The van der Waals surface area contributed by atoms with Gasteiger partial charge in [0.05, 0.1) is 15.9 Å². The third-order valence-corrected chi connectivity index (χ3v) is 8.78. The third kappa shape index (κ3) is 4.86. The second-order valence-corrected chi connectivity index (χ2v) is 11.3. The Hall–Kier alpha value is -1.93. The Morgan fingerprint density at radius 1 is 1.09 bits per heavy atom. The highest BCUT2D eigenvalue weighted by Gasteiger charge is 2.28. The zero-order valence-corrected chi connectivity index (χ0v) is 20.2. The smallest absolute Gasteiger partial charge is 0.243 e. The molecular weight excluding hydrogens is 424 g/mol. The molecule has 0 saturated carbocycles. The van der Waals surface area contributed by atoms with Crippen molar-refractivity contribution in [3.05, 3.63) is 24.0 Å². The molecule has 0 radical (unpaired) electrons. The molecule has 2 fully saturated rings. The highest BCUT2D eigenvalue weighted by Crippen LogP contribution is 2.26. The zero-order chi connectivity index (χ0) is 22.7. The van der Waals surface area contributed by atoms with Gasteiger partial charge in [-0.05, 0) is 62.6 Å². The Bertz CT molecular complexity index is 1060. The van der Waals surface area contributed by atoms with Gasteiger partial charge in [-0.1, -0.05) is 13.8 Å². The Kier molecular flexibility index (Phi) is 7.20. The van der Waals surface area contributed by atoms with E-state index in [4.69, 9.17) is 4.98 Å². The van der Waals surface area contributed by atoms with E-state index in [1.807, 2.05) is 11.0 Å². The van der Waals surface area contributed by atoms with Crippen LogP contribution in [0, 0.1) is 5.92 Å². The number of hydrogen-bond donors (Lipinski definition) is 0. The minimum Gasteiger partial charge on any atom is -0.343 e. The SMILES string of the molecule is CCCn1c(CCC(=O)N2CCCC(C)CC2)nc2cc(S(=O)(=O)N3CCCC3)ccc21. The first-order valence-corrected chi connectivity index (χ1v) is 13.6. The van der Waals surface area contributed by atoms with Gasteiger partial charge in [-0.25, -0.2) is 13.4 Å². The van der Waals surface area contributed by atoms with Crippen molar-refractivity contribution < 1.29 is 13.2 Å². The summed E-state index contributed by atoms with van der Waals surface area (Å²) in [7, 11) is -3.47. The van der Waals surface area contributed by atoms with Crippen LogP contribution >= 0.6 is 0 Å². The van der Waals surface area contributed by atoms with E-state index in [0.717, 1.165) is 63.1 Å². The van der Waals surface area contributed by atoms with Gasteiger partial charge in [0.2, 0.25) is 15.9 Å². The van der Waals surface area contributed by atoms with Crippen molar-refractivity contribution in [1.82, 2.24) is 18.8 Å². The van der Waals surface area contributed by atoms with E-state index in [9.17, 15) is 13.2 Å². The molecule has 0 N–H and O–H groups in total. The molecule has 1 atom stereocenters. The molecule has 0 spiro atoms. The molecule has 1 aromatic carbocycles. The number of likely N-dealkylation sites (tertiary alicyclic amines) is 1. The van der Waals surface area contributed by atoms with E-state index in [2.05, 4.69) is 18.4 Å². The molecule has 1 unspecified atom stereocenters. The van der Waals surface area contributed by atoms with Crippen LogP contribution in [0.4, 0.5) is 0 Å². The van der Waals surface area contributed by atoms with Gasteiger partial charge < -0.3 is 9.47 Å². The van der Waals surface area contributed by atoms with Crippen molar-refractivity contribution >= 4 is 27.0 Å². The fourth-order valence-electron chi connectivity index (χ4n) is 4.95. The van der Waals surface area contributed by atoms with Crippen molar-refractivity contribution in [2.45, 2.75) is 76.7 Å². The predicted molar refractivity (Wildman–Crippen MR) is 126 cm³/mol. The number of rotatable bonds is 7. The van der Waals surface area contributed by atoms with E-state index >= 15 is 0 Å². The summed E-state index contributed by atoms with van der Waals surface area (Å²) in [4.78, 5) is 20.0. The van der Waals surface area contributed by atoms with Gasteiger partial charge in [0.15, 0.2) is 0 Å². The van der Waals surface area contributed by atoms with Crippen LogP contribution in [0.1, 0.15) is 64.6 Å². The second kappa shape index (κ2) is 9.91. The van der Waals surface area contributed by atoms with Gasteiger partial charge in [-0.3, -0.25) is 4.79 Å². The molecule has 0 aliphatic carbocycles. The minimum atomic E-state index is -3.47. The summed E-state index contributed by atoms with van der Waals surface area (Å²) in [6.45, 7) is 8.07. The largest absolute Gasteiger partial charge is 0.343 e. The number of carbonyl (C=O) groups excluding carboxylic acids is 1. The van der Waals surface area contributed by atoms with Gasteiger partial charge >= 0.3 is 0 Å². The topological polar surface area (TPSA) is 75.5 Å². The summed E-state index contributed by atoms with van der Waals surface area (Å²) in [6, 6.07) is 5.29. The number of hydrogen-bond acceptors (Lipinski definition) is 4. The van der Waals surface area contributed by atoms with Crippen molar-refractivity contribution in [1.29, 1.82) is 0 Å². The normalized spacial score (nSPS) is 20.7. The summed E-state index contributed by atoms with van der Waals surface area (Å²) in [5.41, 5.74) is 1.64. The molecule has 32 heavy (non-hydrogen) atoms. The number of carbonyl (C=O) groups is 1. The summed E-state index contributed by atoms with van der Waals surface area (Å²) >= 11 is 0. The van der Waals surface area contributed by atoms with Crippen molar-refractivity contribution in [2.24, 2.45) is 5.92 Å². The van der Waals surface area contributed by atoms with Crippen LogP contribution in [0.25, 0.3) is 11.0 Å². The van der Waals surface area contributed by atoms with E-state index in [0.29, 0.717) is 42.3 Å². The standard InChI is InChI=1S/C24H36N4O3S/c1-3-13-28-22-9-8-20(32(30,31)27-15-4-5-16-27)18-21(22)25-23(28)10-11-24(29)26-14-6-7-19(2)12-17-26/h8-9,18-19H,3-7,10-17H2,1-2H3. The molecule has 0 bridgehead atoms. The van der Waals surface area contributed by atoms with Gasteiger partial charge in [0, 0.05) is 45.6 Å². The fourth-order valence-corrected chi connectivity index (χ4v) is 6.49. The molecule has 2 aromatic rings. The number of benzene rings is 1. The Labute approximate surface area is 191 Å². The van der Waals surface area contributed by atoms with E-state index in [1.165, 1.54) is 6.42 Å². The Morgan fingerprint density at radius 3 is 2.62 bits per heavy atom. The average Bonchev–Trinajstić information content (AvgIpc) is 3.38. The molecule has 1 aromatic heterocycles. The van der Waals surface area contributed by atoms with E-state index < -0.39 is 10.0 Å². The quantitative estimate of drug-likeness (QED) is 0.630. The van der Waals surface area contributed by atoms with Crippen LogP contribution in [0.3, 0.4) is 0 Å². The number of fused-ring (bicyclic) bond motifs is 1. The monoisotopic (exact) mass is 460 g/mol. The lowest BCUT2D eigenvalue weighted by Crippen LogP contribution is -2.32. The molecule has 7 nitrogen and oxygen atoms in total. The molecule has 2 aliphatic rings. The Morgan fingerprint density at radius 2 is 1.88 bits per heavy atom. The van der Waals surface area contributed by atoms with E-state index in [-0.39, 0.29) is 5.91 Å². The number of nitrogens with zero attached hydrogens (tertiary/aromatic N) is 4. The first-order valence-electron chi connectivity index (χ1n) is 12.2. The first-order chi connectivity index (χ1) is 15.4. The third-order valence-electron chi connectivity index (χ3n) is 6.88. The van der Waals surface area contributed by atoms with E-state index in [1.54, 1.807) is 16.4 Å². The second-order valence-electron chi connectivity index (χ2n) is 9.36. The van der Waals surface area contributed by atoms with Gasteiger partial charge in [0.1, 0.15) is 5.82 Å². The van der Waals surface area contributed by atoms with Crippen molar-refractivity contribution in [3.8, 4) is 0 Å². The lowest BCUT2D eigenvalue weighted by molar-refractivity contribution is -0.131. The number of aromatic nitrogens is 2. The number of imidazole rings is 1. The highest BCUT2D eigenvalue weighted by molar-refractivity contribution is 7.89. The summed E-state index contributed by atoms with van der Waals surface area (Å²) in [6.07, 6.45) is 7.16. The molecule has 4 rings (SSSR count). The summed E-state index contributed by atoms with van der Waals surface area (Å²) < 4.78 is 29.7. The predicted octanol–water partition coefficient (Wildman–Crippen LogP) is 3.81. The first kappa shape index (κ1) is 23.2. The summed E-state index contributed by atoms with van der Waals surface area (Å²) in [5, 5.41) is 0. The van der Waals surface area contributed by atoms with Crippen LogP contribution in [0.2, 0.25) is 0 Å². The molecule has 1 amide bonds. The van der Waals surface area contributed by atoms with Crippen LogP contribution in [0.15, 0.2) is 23.1 Å². The highest BCUT2D eigenvalue weighted by atomic mass is 32.2. The van der Waals surface area contributed by atoms with Gasteiger partial charge in [0.25, 0.3) is 0 Å². The Balaban J connectivity index is 1.54. The van der Waals surface area contributed by atoms with Gasteiger partial charge in [-0.15, -0.1) is 0 Å². The molecule has 2 aliphatic heterocycles. The molecular formula is C24H36N4O3S. The van der Waals surface area contributed by atoms with Crippen LogP contribution in [-0.2, 0) is 27.8 Å². The molecule has 3 heterocycles. The lowest BCUT2D eigenvalue weighted by Gasteiger charge is -2.20. The fraction of sp³-hybridized carbons (Fsp3) is 0.667. The maximum Gasteiger partial charge on any atom is 0.243 e.